The van der Waals surface area contributed by atoms with E-state index < -0.39 is 0 Å². The molecule has 0 unspecified atom stereocenters. The monoisotopic (exact) mass is 264 g/mol. The van der Waals surface area contributed by atoms with Crippen LogP contribution in [0.4, 0.5) is 17.1 Å². The van der Waals surface area contributed by atoms with Crippen LogP contribution >= 0.6 is 0 Å². The van der Waals surface area contributed by atoms with E-state index in [-0.39, 0.29) is 0 Å². The first-order chi connectivity index (χ1) is 9.67. The third-order valence-electron chi connectivity index (χ3n) is 2.78. The highest BCUT2D eigenvalue weighted by atomic mass is 16.5. The van der Waals surface area contributed by atoms with Gasteiger partial charge in [-0.05, 0) is 30.3 Å². The number of nitriles is 2. The fourth-order valence-electron chi connectivity index (χ4n) is 1.76. The standard InChI is InChI=1S/C15H12N4O/c1-20-15-6-10(8-16)2-5-14(15)19-12-4-3-11(9-17)13(18)7-12/h2-7,19H,18H2,1H3. The Balaban J connectivity index is 2.33. The molecule has 0 radical (unpaired) electrons. The van der Waals surface area contributed by atoms with Crippen LogP contribution in [0.3, 0.4) is 0 Å². The Hall–Kier alpha value is -3.18. The molecule has 0 aliphatic rings. The maximum atomic E-state index is 8.86. The number of hydrogen-bond acceptors (Lipinski definition) is 5. The molecule has 0 fully saturated rings. The van der Waals surface area contributed by atoms with E-state index in [2.05, 4.69) is 11.4 Å². The summed E-state index contributed by atoms with van der Waals surface area (Å²) in [4.78, 5) is 0. The van der Waals surface area contributed by atoms with Crippen LogP contribution in [0.25, 0.3) is 0 Å². The fourth-order valence-corrected chi connectivity index (χ4v) is 1.76. The maximum absolute atomic E-state index is 8.86. The van der Waals surface area contributed by atoms with Crippen LogP contribution in [0, 0.1) is 22.7 Å². The zero-order chi connectivity index (χ0) is 14.5. The minimum atomic E-state index is 0.408. The van der Waals surface area contributed by atoms with Crippen molar-refractivity contribution in [3.63, 3.8) is 0 Å². The lowest BCUT2D eigenvalue weighted by Gasteiger charge is -2.12. The van der Waals surface area contributed by atoms with Crippen LogP contribution in [-0.2, 0) is 0 Å². The molecule has 2 rings (SSSR count). The normalized spacial score (nSPS) is 9.35. The average molecular weight is 264 g/mol. The van der Waals surface area contributed by atoms with Gasteiger partial charge in [0, 0.05) is 11.8 Å². The van der Waals surface area contributed by atoms with E-state index in [9.17, 15) is 0 Å². The Morgan fingerprint density at radius 1 is 1.10 bits per heavy atom. The van der Waals surface area contributed by atoms with Gasteiger partial charge in [0.05, 0.1) is 35.7 Å². The Morgan fingerprint density at radius 3 is 2.50 bits per heavy atom. The number of anilines is 3. The quantitative estimate of drug-likeness (QED) is 0.831. The highest BCUT2D eigenvalue weighted by Crippen LogP contribution is 2.29. The Kier molecular flexibility index (Phi) is 3.74. The predicted molar refractivity (Wildman–Crippen MR) is 76.6 cm³/mol. The maximum Gasteiger partial charge on any atom is 0.143 e. The molecule has 0 aromatic heterocycles. The van der Waals surface area contributed by atoms with Crippen LogP contribution in [0.1, 0.15) is 11.1 Å². The molecule has 0 saturated carbocycles. The van der Waals surface area contributed by atoms with Crippen LogP contribution in [-0.4, -0.2) is 7.11 Å². The molecule has 0 saturated heterocycles. The van der Waals surface area contributed by atoms with Gasteiger partial charge in [0.1, 0.15) is 11.8 Å². The van der Waals surface area contributed by atoms with Gasteiger partial charge >= 0.3 is 0 Å². The molecule has 20 heavy (non-hydrogen) atoms. The highest BCUT2D eigenvalue weighted by molar-refractivity contribution is 5.71. The number of methoxy groups -OCH3 is 1. The van der Waals surface area contributed by atoms with E-state index in [4.69, 9.17) is 21.0 Å². The molecular weight excluding hydrogens is 252 g/mol. The molecule has 0 aliphatic carbocycles. The van der Waals surface area contributed by atoms with Gasteiger partial charge < -0.3 is 15.8 Å². The van der Waals surface area contributed by atoms with Gasteiger partial charge in [0.2, 0.25) is 0 Å². The number of nitrogen functional groups attached to an aromatic ring is 1. The number of rotatable bonds is 3. The van der Waals surface area contributed by atoms with Crippen molar-refractivity contribution in [1.29, 1.82) is 10.5 Å². The molecule has 0 atom stereocenters. The van der Waals surface area contributed by atoms with Gasteiger partial charge in [-0.3, -0.25) is 0 Å². The van der Waals surface area contributed by atoms with Crippen LogP contribution in [0.15, 0.2) is 36.4 Å². The molecule has 2 aromatic carbocycles. The van der Waals surface area contributed by atoms with Gasteiger partial charge in [-0.25, -0.2) is 0 Å². The fraction of sp³-hybridized carbons (Fsp3) is 0.0667. The van der Waals surface area contributed by atoms with Crippen molar-refractivity contribution < 1.29 is 4.74 Å². The third kappa shape index (κ3) is 2.63. The Morgan fingerprint density at radius 2 is 1.90 bits per heavy atom. The van der Waals surface area contributed by atoms with Crippen molar-refractivity contribution in [3.05, 3.63) is 47.5 Å². The molecule has 98 valence electrons. The molecule has 0 aliphatic heterocycles. The van der Waals surface area contributed by atoms with Crippen molar-refractivity contribution in [3.8, 4) is 17.9 Å². The van der Waals surface area contributed by atoms with E-state index in [0.29, 0.717) is 22.6 Å². The van der Waals surface area contributed by atoms with Gasteiger partial charge in [0.25, 0.3) is 0 Å². The number of nitrogens with zero attached hydrogens (tertiary/aromatic N) is 2. The second-order valence-corrected chi connectivity index (χ2v) is 4.07. The first-order valence-corrected chi connectivity index (χ1v) is 5.82. The van der Waals surface area contributed by atoms with E-state index in [1.54, 1.807) is 36.4 Å². The molecule has 0 spiro atoms. The summed E-state index contributed by atoms with van der Waals surface area (Å²) in [5, 5.41) is 20.8. The lowest BCUT2D eigenvalue weighted by atomic mass is 10.1. The SMILES string of the molecule is COc1cc(C#N)ccc1Nc1ccc(C#N)c(N)c1. The first-order valence-electron chi connectivity index (χ1n) is 5.82. The summed E-state index contributed by atoms with van der Waals surface area (Å²) >= 11 is 0. The van der Waals surface area contributed by atoms with E-state index in [1.165, 1.54) is 7.11 Å². The van der Waals surface area contributed by atoms with Gasteiger partial charge in [-0.15, -0.1) is 0 Å². The first kappa shape index (κ1) is 13.3. The largest absolute Gasteiger partial charge is 0.495 e. The number of ether oxygens (including phenoxy) is 1. The zero-order valence-electron chi connectivity index (χ0n) is 10.8. The molecule has 0 amide bonds. The summed E-state index contributed by atoms with van der Waals surface area (Å²) in [5.74, 6) is 0.562. The Labute approximate surface area is 116 Å². The second kappa shape index (κ2) is 5.64. The molecule has 5 heteroatoms. The number of nitrogens with one attached hydrogen (secondary N) is 1. The molecule has 3 N–H and O–H groups in total. The van der Waals surface area contributed by atoms with Gasteiger partial charge in [0.15, 0.2) is 0 Å². The molecule has 0 heterocycles. The van der Waals surface area contributed by atoms with Gasteiger partial charge in [-0.1, -0.05) is 0 Å². The minimum absolute atomic E-state index is 0.408. The summed E-state index contributed by atoms with van der Waals surface area (Å²) in [6, 6.07) is 14.2. The third-order valence-corrected chi connectivity index (χ3v) is 2.78. The van der Waals surface area contributed by atoms with Crippen LogP contribution in [0.5, 0.6) is 5.75 Å². The molecule has 5 nitrogen and oxygen atoms in total. The lowest BCUT2D eigenvalue weighted by Crippen LogP contribution is -1.97. The molecule has 2 aromatic rings. The summed E-state index contributed by atoms with van der Waals surface area (Å²) < 4.78 is 5.24. The van der Waals surface area contributed by atoms with Crippen LogP contribution < -0.4 is 15.8 Å². The van der Waals surface area contributed by atoms with Gasteiger partial charge in [-0.2, -0.15) is 10.5 Å². The van der Waals surface area contributed by atoms with E-state index >= 15 is 0 Å². The second-order valence-electron chi connectivity index (χ2n) is 4.07. The van der Waals surface area contributed by atoms with Crippen LogP contribution in [0.2, 0.25) is 0 Å². The number of benzene rings is 2. The van der Waals surface area contributed by atoms with E-state index in [1.807, 2.05) is 6.07 Å². The van der Waals surface area contributed by atoms with Crippen molar-refractivity contribution in [1.82, 2.24) is 0 Å². The van der Waals surface area contributed by atoms with Crippen molar-refractivity contribution in [2.45, 2.75) is 0 Å². The van der Waals surface area contributed by atoms with Crippen molar-refractivity contribution in [2.24, 2.45) is 0 Å². The summed E-state index contributed by atoms with van der Waals surface area (Å²) in [6.07, 6.45) is 0. The zero-order valence-corrected chi connectivity index (χ0v) is 10.8. The Bertz CT molecular complexity index is 726. The lowest BCUT2D eigenvalue weighted by molar-refractivity contribution is 0.416. The summed E-state index contributed by atoms with van der Waals surface area (Å²) in [7, 11) is 1.54. The minimum Gasteiger partial charge on any atom is -0.495 e. The average Bonchev–Trinajstić information content (AvgIpc) is 2.48. The highest BCUT2D eigenvalue weighted by Gasteiger charge is 2.06. The number of nitrogens with two attached hydrogens (primary N) is 1. The topological polar surface area (TPSA) is 94.9 Å². The summed E-state index contributed by atoms with van der Waals surface area (Å²) in [6.45, 7) is 0. The number of hydrogen-bond donors (Lipinski definition) is 2. The smallest absolute Gasteiger partial charge is 0.143 e. The van der Waals surface area contributed by atoms with Crippen molar-refractivity contribution >= 4 is 17.1 Å². The predicted octanol–water partition coefficient (Wildman–Crippen LogP) is 2.76. The molecule has 0 bridgehead atoms. The molecular formula is C15H12N4O. The van der Waals surface area contributed by atoms with Crippen molar-refractivity contribution in [2.75, 3.05) is 18.2 Å². The summed E-state index contributed by atoms with van der Waals surface area (Å²) in [5.41, 5.74) is 8.58. The van der Waals surface area contributed by atoms with E-state index in [0.717, 1.165) is 11.4 Å².